The highest BCUT2D eigenvalue weighted by molar-refractivity contribution is 6.35. The zero-order chi connectivity index (χ0) is 6.85. The van der Waals surface area contributed by atoms with Crippen molar-refractivity contribution < 1.29 is 0 Å². The van der Waals surface area contributed by atoms with E-state index < -0.39 is 0 Å². The summed E-state index contributed by atoms with van der Waals surface area (Å²) < 4.78 is 0. The van der Waals surface area contributed by atoms with Gasteiger partial charge in [0.1, 0.15) is 0 Å². The van der Waals surface area contributed by atoms with E-state index in [0.29, 0.717) is 0 Å². The van der Waals surface area contributed by atoms with E-state index >= 15 is 0 Å². The minimum absolute atomic E-state index is 0. The van der Waals surface area contributed by atoms with Gasteiger partial charge < -0.3 is 0 Å². The lowest BCUT2D eigenvalue weighted by Crippen LogP contribution is -2.02. The van der Waals surface area contributed by atoms with Crippen molar-refractivity contribution >= 4 is 24.0 Å². The summed E-state index contributed by atoms with van der Waals surface area (Å²) in [7, 11) is 0. The van der Waals surface area contributed by atoms with E-state index in [4.69, 9.17) is 11.6 Å². The molecule has 4 heteroatoms. The fraction of sp³-hybridized carbons (Fsp3) is 0. The molecule has 0 saturated heterocycles. The Balaban J connectivity index is 0.000000251. The zero-order valence-electron chi connectivity index (χ0n) is 5.17. The molecule has 4 N–H and O–H groups in total. The molecular weight excluding hydrogens is 171 g/mol. The van der Waals surface area contributed by atoms with Gasteiger partial charge in [-0.1, -0.05) is 23.7 Å². The first-order valence-electron chi connectivity index (χ1n) is 2.51. The lowest BCUT2D eigenvalue weighted by Gasteiger charge is -2.15. The van der Waals surface area contributed by atoms with Gasteiger partial charge in [0.05, 0.1) is 0 Å². The van der Waals surface area contributed by atoms with Crippen molar-refractivity contribution in [1.29, 1.82) is 0 Å². The predicted octanol–water partition coefficient (Wildman–Crippen LogP) is 1.56. The average molecular weight is 179 g/mol. The molecule has 0 saturated carbocycles. The van der Waals surface area contributed by atoms with Crippen LogP contribution in [-0.4, -0.2) is 0 Å². The highest BCUT2D eigenvalue weighted by Gasteiger charge is 2.13. The molecule has 0 heterocycles. The molecule has 10 heavy (non-hydrogen) atoms. The maximum absolute atomic E-state index is 5.60. The monoisotopic (exact) mass is 178 g/mol. The number of hydrogen-bond donors (Lipinski definition) is 2. The van der Waals surface area contributed by atoms with Crippen molar-refractivity contribution in [2.24, 2.45) is 11.7 Å². The first kappa shape index (κ1) is 9.72. The first-order chi connectivity index (χ1) is 4.38. The Morgan fingerprint density at radius 2 is 1.80 bits per heavy atom. The lowest BCUT2D eigenvalue weighted by molar-refractivity contribution is 1.26. The van der Waals surface area contributed by atoms with Crippen LogP contribution in [-0.2, 0) is 0 Å². The van der Waals surface area contributed by atoms with Crippen LogP contribution >= 0.6 is 24.0 Å². The quantitative estimate of drug-likeness (QED) is 0.476. The minimum atomic E-state index is 0. The molecule has 0 atom stereocenters. The van der Waals surface area contributed by atoms with Crippen LogP contribution in [0, 0.1) is 0 Å². The summed E-state index contributed by atoms with van der Waals surface area (Å²) in [5, 5.41) is 0.914. The summed E-state index contributed by atoms with van der Waals surface area (Å²) in [4.78, 5) is 0. The molecule has 2 nitrogen and oxygen atoms in total. The predicted molar refractivity (Wildman–Crippen MR) is 46.1 cm³/mol. The van der Waals surface area contributed by atoms with Crippen molar-refractivity contribution in [2.75, 3.05) is 0 Å². The Bertz CT molecular complexity index is 225. The van der Waals surface area contributed by atoms with Crippen molar-refractivity contribution in [3.05, 3.63) is 23.2 Å². The summed E-state index contributed by atoms with van der Waals surface area (Å²) in [6.45, 7) is 0. The molecule has 56 valence electrons. The van der Waals surface area contributed by atoms with Gasteiger partial charge in [-0.3, -0.25) is 11.7 Å². The van der Waals surface area contributed by atoms with Crippen molar-refractivity contribution in [1.82, 2.24) is 0 Å². The summed E-state index contributed by atoms with van der Waals surface area (Å²) in [6, 6.07) is 6.05. The second kappa shape index (κ2) is 3.78. The summed E-state index contributed by atoms with van der Waals surface area (Å²) >= 11 is 5.60. The van der Waals surface area contributed by atoms with Gasteiger partial charge in [0, 0.05) is 10.6 Å². The highest BCUT2D eigenvalue weighted by Crippen LogP contribution is 2.39. The van der Waals surface area contributed by atoms with Crippen LogP contribution < -0.4 is 11.7 Å². The topological polar surface area (TPSA) is 52.0 Å². The van der Waals surface area contributed by atoms with Gasteiger partial charge >= 0.3 is 0 Å². The Kier molecular flexibility index (Phi) is 3.68. The van der Waals surface area contributed by atoms with E-state index in [1.807, 2.05) is 12.1 Å². The second-order valence-electron chi connectivity index (χ2n) is 1.69. The van der Waals surface area contributed by atoms with E-state index in [-0.39, 0.29) is 12.4 Å². The van der Waals surface area contributed by atoms with Gasteiger partial charge in [0.15, 0.2) is 0 Å². The Labute approximate surface area is 70.5 Å². The third-order valence-corrected chi connectivity index (χ3v) is 1.59. The zero-order valence-corrected chi connectivity index (χ0v) is 6.75. The number of nitrogens with two attached hydrogens (primary N) is 2. The highest BCUT2D eigenvalue weighted by atomic mass is 35.5. The van der Waals surface area contributed by atoms with Crippen LogP contribution in [0.3, 0.4) is 0 Å². The van der Waals surface area contributed by atoms with E-state index in [2.05, 4.69) is 17.8 Å². The fourth-order valence-electron chi connectivity index (χ4n) is 0.743. The lowest BCUT2D eigenvalue weighted by atomic mass is 9.94. The van der Waals surface area contributed by atoms with E-state index in [0.717, 1.165) is 5.02 Å². The third kappa shape index (κ3) is 1.25. The molecule has 0 aromatic carbocycles. The summed E-state index contributed by atoms with van der Waals surface area (Å²) in [5.74, 6) is 8.00. The third-order valence-electron chi connectivity index (χ3n) is 1.28. The smallest absolute Gasteiger partial charge is 0.0490 e. The molecule has 0 fully saturated rings. The largest absolute Gasteiger partial charge is 0.274 e. The number of hydrogen-bond acceptors (Lipinski definition) is 2. The molecule has 0 spiro atoms. The molecule has 0 aliphatic heterocycles. The molecule has 2 aliphatic carbocycles. The van der Waals surface area contributed by atoms with Crippen molar-refractivity contribution in [3.63, 3.8) is 0 Å². The molecule has 0 aromatic heterocycles. The molecular formula is C6H8Cl2N2. The van der Waals surface area contributed by atoms with Crippen LogP contribution in [0.2, 0.25) is 5.02 Å². The Morgan fingerprint density at radius 3 is 1.80 bits per heavy atom. The van der Waals surface area contributed by atoms with Crippen LogP contribution in [0.25, 0.3) is 11.1 Å². The molecule has 0 radical (unpaired) electrons. The Morgan fingerprint density at radius 1 is 1.20 bits per heavy atom. The molecule has 0 amide bonds. The maximum Gasteiger partial charge on any atom is 0.0490 e. The number of fused-ring (bicyclic) bond motifs is 1. The summed E-state index contributed by atoms with van der Waals surface area (Å²) in [5.41, 5.74) is 2.55. The Hall–Kier alpha value is -0.280. The van der Waals surface area contributed by atoms with Gasteiger partial charge in [-0.05, 0) is 11.6 Å². The minimum Gasteiger partial charge on any atom is -0.274 e. The van der Waals surface area contributed by atoms with Gasteiger partial charge in [0.2, 0.25) is 0 Å². The van der Waals surface area contributed by atoms with E-state index in [1.165, 1.54) is 11.1 Å². The number of rotatable bonds is 0. The normalized spacial score (nSPS) is 8.70. The van der Waals surface area contributed by atoms with Gasteiger partial charge in [-0.2, -0.15) is 0 Å². The SMILES string of the molecule is Cl.Clc1cc2ccc1-2.NN. The van der Waals surface area contributed by atoms with E-state index in [9.17, 15) is 0 Å². The second-order valence-corrected chi connectivity index (χ2v) is 2.10. The number of hydrazine groups is 1. The standard InChI is InChI=1S/C6H3Cl.ClH.H4N2/c7-6-3-4-1-2-5(4)6;;1-2/h1-3H;1H;1-2H2. The molecule has 0 bridgehead atoms. The van der Waals surface area contributed by atoms with Crippen molar-refractivity contribution in [2.45, 2.75) is 0 Å². The molecule has 0 aromatic rings. The summed E-state index contributed by atoms with van der Waals surface area (Å²) in [6.07, 6.45) is 0. The van der Waals surface area contributed by atoms with Gasteiger partial charge in [0.25, 0.3) is 0 Å². The van der Waals surface area contributed by atoms with Crippen LogP contribution in [0.15, 0.2) is 18.2 Å². The average Bonchev–Trinajstić information content (AvgIpc) is 1.87. The maximum atomic E-state index is 5.60. The number of benzene rings is 1. The molecule has 2 aliphatic rings. The molecule has 0 unspecified atom stereocenters. The first-order valence-corrected chi connectivity index (χ1v) is 2.89. The van der Waals surface area contributed by atoms with Crippen molar-refractivity contribution in [3.8, 4) is 11.1 Å². The number of halogens is 2. The van der Waals surface area contributed by atoms with Crippen LogP contribution in [0.1, 0.15) is 0 Å². The van der Waals surface area contributed by atoms with Gasteiger partial charge in [-0.25, -0.2) is 0 Å². The van der Waals surface area contributed by atoms with Crippen LogP contribution in [0.4, 0.5) is 0 Å². The van der Waals surface area contributed by atoms with Gasteiger partial charge in [-0.15, -0.1) is 12.4 Å². The molecule has 2 rings (SSSR count). The van der Waals surface area contributed by atoms with Crippen LogP contribution in [0.5, 0.6) is 0 Å². The van der Waals surface area contributed by atoms with E-state index in [1.54, 1.807) is 0 Å². The fourth-order valence-corrected chi connectivity index (χ4v) is 1.03.